The number of sulfonamides is 1. The van der Waals surface area contributed by atoms with Crippen LogP contribution in [0.25, 0.3) is 0 Å². The Morgan fingerprint density at radius 2 is 2.11 bits per heavy atom. The highest BCUT2D eigenvalue weighted by Gasteiger charge is 2.43. The molecule has 108 valence electrons. The van der Waals surface area contributed by atoms with E-state index in [0.29, 0.717) is 0 Å². The van der Waals surface area contributed by atoms with E-state index in [1.54, 1.807) is 13.8 Å². The van der Waals surface area contributed by atoms with Gasteiger partial charge in [0.25, 0.3) is 0 Å². The van der Waals surface area contributed by atoms with E-state index < -0.39 is 33.1 Å². The lowest BCUT2D eigenvalue weighted by Crippen LogP contribution is -2.61. The monoisotopic (exact) mass is 307 g/mol. The summed E-state index contributed by atoms with van der Waals surface area (Å²) in [6.45, 7) is 2.92. The fraction of sp³-hybridized carbons (Fsp3) is 0.700. The number of nitrogens with zero attached hydrogens (tertiary/aromatic N) is 1. The molecule has 1 aliphatic heterocycles. The van der Waals surface area contributed by atoms with Crippen LogP contribution < -0.4 is 11.1 Å². The number of hydrogen-bond acceptors (Lipinski definition) is 5. The van der Waals surface area contributed by atoms with Crippen LogP contribution in [0.2, 0.25) is 0 Å². The molecule has 0 aromatic heterocycles. The lowest BCUT2D eigenvalue weighted by molar-refractivity contribution is -0.137. The van der Waals surface area contributed by atoms with Crippen LogP contribution in [0.5, 0.6) is 0 Å². The molecule has 1 rings (SSSR count). The zero-order valence-corrected chi connectivity index (χ0v) is 12.4. The second kappa shape index (κ2) is 5.93. The molecule has 0 saturated carbocycles. The molecule has 1 aliphatic rings. The van der Waals surface area contributed by atoms with E-state index in [1.807, 2.05) is 0 Å². The molecule has 2 atom stereocenters. The third-order valence-electron chi connectivity index (χ3n) is 2.97. The molecule has 0 spiro atoms. The van der Waals surface area contributed by atoms with E-state index in [0.717, 1.165) is 4.31 Å². The zero-order valence-electron chi connectivity index (χ0n) is 10.8. The first kappa shape index (κ1) is 16.0. The van der Waals surface area contributed by atoms with Crippen LogP contribution in [-0.2, 0) is 19.6 Å². The van der Waals surface area contributed by atoms with Crippen molar-refractivity contribution in [2.24, 2.45) is 5.73 Å². The van der Waals surface area contributed by atoms with E-state index in [2.05, 4.69) is 5.32 Å². The summed E-state index contributed by atoms with van der Waals surface area (Å²) >= 11 is 4.75. The maximum absolute atomic E-state index is 12.4. The Bertz CT molecular complexity index is 503. The van der Waals surface area contributed by atoms with Crippen molar-refractivity contribution in [1.82, 2.24) is 9.62 Å². The average molecular weight is 307 g/mol. The quantitative estimate of drug-likeness (QED) is 0.504. The summed E-state index contributed by atoms with van der Waals surface area (Å²) in [5.74, 6) is -1.25. The van der Waals surface area contributed by atoms with Gasteiger partial charge in [-0.15, -0.1) is 0 Å². The van der Waals surface area contributed by atoms with Crippen LogP contribution >= 0.6 is 12.2 Å². The standard InChI is InChI=1S/C10H17N3O4S2/c1-3-6-10(15)12-8(14)5-13(6)19(16,17)7(4-2)9(11)18/h6-7H,3-5H2,1-2H3,(H2,11,18)(H,12,14,15). The summed E-state index contributed by atoms with van der Waals surface area (Å²) < 4.78 is 25.8. The number of carbonyl (C=O) groups excluding carboxylic acids is 2. The number of amides is 2. The van der Waals surface area contributed by atoms with Crippen molar-refractivity contribution in [3.05, 3.63) is 0 Å². The normalized spacial score (nSPS) is 22.9. The molecule has 0 aliphatic carbocycles. The fourth-order valence-corrected chi connectivity index (χ4v) is 4.49. The third kappa shape index (κ3) is 3.10. The number of hydrogen-bond donors (Lipinski definition) is 2. The minimum Gasteiger partial charge on any atom is -0.392 e. The average Bonchev–Trinajstić information content (AvgIpc) is 2.27. The molecule has 1 heterocycles. The number of nitrogens with one attached hydrogen (secondary N) is 1. The molecule has 2 amide bonds. The molecule has 0 bridgehead atoms. The first-order chi connectivity index (χ1) is 8.75. The molecule has 2 unspecified atom stereocenters. The summed E-state index contributed by atoms with van der Waals surface area (Å²) in [5.41, 5.74) is 5.44. The van der Waals surface area contributed by atoms with Gasteiger partial charge in [0, 0.05) is 0 Å². The van der Waals surface area contributed by atoms with Crippen molar-refractivity contribution in [1.29, 1.82) is 0 Å². The Morgan fingerprint density at radius 1 is 1.53 bits per heavy atom. The number of piperazine rings is 1. The van der Waals surface area contributed by atoms with Gasteiger partial charge < -0.3 is 5.73 Å². The van der Waals surface area contributed by atoms with Gasteiger partial charge in [0.2, 0.25) is 21.8 Å². The second-order valence-electron chi connectivity index (χ2n) is 4.23. The molecule has 9 heteroatoms. The maximum Gasteiger partial charge on any atom is 0.245 e. The van der Waals surface area contributed by atoms with Gasteiger partial charge in [0.05, 0.1) is 11.5 Å². The van der Waals surface area contributed by atoms with Crippen molar-refractivity contribution in [2.75, 3.05) is 6.54 Å². The van der Waals surface area contributed by atoms with Crippen LogP contribution in [0.1, 0.15) is 26.7 Å². The number of thiocarbonyl (C=S) groups is 1. The van der Waals surface area contributed by atoms with Crippen molar-refractivity contribution in [3.63, 3.8) is 0 Å². The lowest BCUT2D eigenvalue weighted by Gasteiger charge is -2.34. The van der Waals surface area contributed by atoms with Gasteiger partial charge in [-0.3, -0.25) is 14.9 Å². The van der Waals surface area contributed by atoms with Crippen molar-refractivity contribution in [3.8, 4) is 0 Å². The summed E-state index contributed by atoms with van der Waals surface area (Å²) in [7, 11) is -3.92. The van der Waals surface area contributed by atoms with E-state index in [9.17, 15) is 18.0 Å². The molecule has 3 N–H and O–H groups in total. The van der Waals surface area contributed by atoms with Gasteiger partial charge in [0.1, 0.15) is 11.3 Å². The highest BCUT2D eigenvalue weighted by molar-refractivity contribution is 7.92. The van der Waals surface area contributed by atoms with Crippen LogP contribution in [-0.4, -0.2) is 47.4 Å². The van der Waals surface area contributed by atoms with E-state index in [1.165, 1.54) is 0 Å². The number of rotatable bonds is 5. The van der Waals surface area contributed by atoms with Gasteiger partial charge in [-0.1, -0.05) is 26.1 Å². The van der Waals surface area contributed by atoms with Crippen molar-refractivity contribution in [2.45, 2.75) is 38.0 Å². The Balaban J connectivity index is 3.19. The highest BCUT2D eigenvalue weighted by atomic mass is 32.2. The van der Waals surface area contributed by atoms with Crippen LogP contribution in [0, 0.1) is 0 Å². The molecule has 1 saturated heterocycles. The fourth-order valence-electron chi connectivity index (χ4n) is 2.02. The Hall–Kier alpha value is -1.06. The Kier molecular flexibility index (Phi) is 4.99. The van der Waals surface area contributed by atoms with Gasteiger partial charge >= 0.3 is 0 Å². The topological polar surface area (TPSA) is 110 Å². The molecular weight excluding hydrogens is 290 g/mol. The molecule has 0 aromatic rings. The summed E-state index contributed by atoms with van der Waals surface area (Å²) in [5, 5.41) is 1.06. The summed E-state index contributed by atoms with van der Waals surface area (Å²) in [4.78, 5) is 22.9. The maximum atomic E-state index is 12.4. The van der Waals surface area contributed by atoms with Crippen LogP contribution in [0.4, 0.5) is 0 Å². The van der Waals surface area contributed by atoms with Gasteiger partial charge in [-0.25, -0.2) is 8.42 Å². The van der Waals surface area contributed by atoms with E-state index >= 15 is 0 Å². The smallest absolute Gasteiger partial charge is 0.245 e. The first-order valence-electron chi connectivity index (χ1n) is 5.89. The number of carbonyl (C=O) groups is 2. The van der Waals surface area contributed by atoms with Crippen LogP contribution in [0.15, 0.2) is 0 Å². The first-order valence-corrected chi connectivity index (χ1v) is 7.80. The Morgan fingerprint density at radius 3 is 2.53 bits per heavy atom. The predicted octanol–water partition coefficient (Wildman–Crippen LogP) is -0.882. The van der Waals surface area contributed by atoms with E-state index in [4.69, 9.17) is 18.0 Å². The largest absolute Gasteiger partial charge is 0.392 e. The number of nitrogens with two attached hydrogens (primary N) is 1. The van der Waals surface area contributed by atoms with E-state index in [-0.39, 0.29) is 24.4 Å². The van der Waals surface area contributed by atoms with Gasteiger partial charge in [-0.05, 0) is 12.8 Å². The molecule has 7 nitrogen and oxygen atoms in total. The summed E-state index contributed by atoms with van der Waals surface area (Å²) in [6, 6.07) is -0.897. The number of imide groups is 1. The van der Waals surface area contributed by atoms with Crippen LogP contribution in [0.3, 0.4) is 0 Å². The summed E-state index contributed by atoms with van der Waals surface area (Å²) in [6.07, 6.45) is 0.465. The SMILES string of the molecule is CCC1C(=O)NC(=O)CN1S(=O)(=O)C(CC)C(N)=S. The molecular formula is C10H17N3O4S2. The van der Waals surface area contributed by atoms with Crippen molar-refractivity contribution >= 4 is 39.0 Å². The molecule has 0 radical (unpaired) electrons. The molecule has 19 heavy (non-hydrogen) atoms. The second-order valence-corrected chi connectivity index (χ2v) is 6.77. The van der Waals surface area contributed by atoms with Gasteiger partial charge in [-0.2, -0.15) is 4.31 Å². The highest BCUT2D eigenvalue weighted by Crippen LogP contribution is 2.20. The predicted molar refractivity (Wildman–Crippen MR) is 73.7 cm³/mol. The zero-order chi connectivity index (χ0) is 14.8. The minimum absolute atomic E-state index is 0.157. The van der Waals surface area contributed by atoms with Gasteiger partial charge in [0.15, 0.2) is 0 Å². The lowest BCUT2D eigenvalue weighted by atomic mass is 10.2. The Labute approximate surface area is 117 Å². The minimum atomic E-state index is -3.92. The molecule has 1 fully saturated rings. The third-order valence-corrected chi connectivity index (χ3v) is 5.75. The van der Waals surface area contributed by atoms with Crippen molar-refractivity contribution < 1.29 is 18.0 Å². The molecule has 0 aromatic carbocycles.